The van der Waals surface area contributed by atoms with E-state index in [0.29, 0.717) is 0 Å². The van der Waals surface area contributed by atoms with Gasteiger partial charge < -0.3 is 0 Å². The molecule has 0 bridgehead atoms. The predicted molar refractivity (Wildman–Crippen MR) is 77.7 cm³/mol. The van der Waals surface area contributed by atoms with E-state index < -0.39 is 19.2 Å². The van der Waals surface area contributed by atoms with E-state index in [1.54, 1.807) is 0 Å². The number of hydrogen-bond acceptors (Lipinski definition) is 2. The van der Waals surface area contributed by atoms with E-state index >= 15 is 0 Å². The molecule has 3 heteroatoms. The molecule has 0 radical (unpaired) electrons. The van der Waals surface area contributed by atoms with Crippen molar-refractivity contribution in [3.05, 3.63) is 0 Å². The van der Waals surface area contributed by atoms with Crippen molar-refractivity contribution >= 4 is 19.2 Å². The van der Waals surface area contributed by atoms with Gasteiger partial charge in [0.05, 0.1) is 0 Å². The zero-order valence-electron chi connectivity index (χ0n) is 12.4. The van der Waals surface area contributed by atoms with Crippen LogP contribution >= 0.6 is 0 Å². The van der Waals surface area contributed by atoms with Crippen LogP contribution in [0.3, 0.4) is 0 Å². The van der Waals surface area contributed by atoms with E-state index in [4.69, 9.17) is 6.15 Å². The van der Waals surface area contributed by atoms with Crippen molar-refractivity contribution in [2.75, 3.05) is 13.2 Å². The summed E-state index contributed by atoms with van der Waals surface area (Å²) in [6, 6.07) is 0. The fourth-order valence-electron chi connectivity index (χ4n) is 1.92. The normalized spacial score (nSPS) is 12.0. The predicted octanol–water partition coefficient (Wildman–Crippen LogP) is 4.88. The van der Waals surface area contributed by atoms with Crippen molar-refractivity contribution in [2.45, 2.75) is 75.1 Å². The molecule has 0 N–H and O–H groups in total. The van der Waals surface area contributed by atoms with Gasteiger partial charge in [-0.2, -0.15) is 0 Å². The van der Waals surface area contributed by atoms with Crippen molar-refractivity contribution in [1.29, 1.82) is 0 Å². The molecule has 0 aromatic heterocycles. The maximum atomic E-state index is 6.27. The molecule has 0 unspecified atom stereocenters. The molecule has 0 saturated heterocycles. The monoisotopic (exact) mass is 352 g/mol. The Morgan fingerprint density at radius 1 is 0.647 bits per heavy atom. The molecule has 104 valence electrons. The molecular formula is C14H32O2Sn. The summed E-state index contributed by atoms with van der Waals surface area (Å²) in [7, 11) is 0. The molecule has 0 fully saturated rings. The third-order valence-corrected chi connectivity index (χ3v) is 13.5. The third-order valence-electron chi connectivity index (χ3n) is 2.96. The Labute approximate surface area is 113 Å². The van der Waals surface area contributed by atoms with Crippen LogP contribution < -0.4 is 0 Å². The third kappa shape index (κ3) is 8.44. The van der Waals surface area contributed by atoms with Crippen LogP contribution in [0.4, 0.5) is 0 Å². The molecular weight excluding hydrogens is 319 g/mol. The van der Waals surface area contributed by atoms with Gasteiger partial charge >= 0.3 is 114 Å². The molecule has 0 aliphatic heterocycles. The fraction of sp³-hybridized carbons (Fsp3) is 1.00. The first kappa shape index (κ1) is 17.7. The van der Waals surface area contributed by atoms with Gasteiger partial charge in [-0.05, 0) is 0 Å². The Morgan fingerprint density at radius 2 is 1.06 bits per heavy atom. The Kier molecular flexibility index (Phi) is 12.3. The van der Waals surface area contributed by atoms with Crippen molar-refractivity contribution in [2.24, 2.45) is 0 Å². The Hall–Kier alpha value is 0.719. The molecule has 0 atom stereocenters. The molecule has 0 aliphatic rings. The fourth-order valence-corrected chi connectivity index (χ4v) is 12.9. The van der Waals surface area contributed by atoms with Gasteiger partial charge in [-0.25, -0.2) is 0 Å². The summed E-state index contributed by atoms with van der Waals surface area (Å²) in [6.07, 6.45) is 7.32. The molecule has 2 nitrogen and oxygen atoms in total. The Morgan fingerprint density at radius 3 is 1.35 bits per heavy atom. The van der Waals surface area contributed by atoms with E-state index in [-0.39, 0.29) is 0 Å². The van der Waals surface area contributed by atoms with E-state index in [1.807, 2.05) is 0 Å². The first-order valence-corrected chi connectivity index (χ1v) is 13.9. The number of unbranched alkanes of at least 4 members (excludes halogenated alkanes) is 2. The van der Waals surface area contributed by atoms with Crippen molar-refractivity contribution in [1.82, 2.24) is 0 Å². The second-order valence-electron chi connectivity index (χ2n) is 4.81. The molecule has 17 heavy (non-hydrogen) atoms. The van der Waals surface area contributed by atoms with Crippen LogP contribution in [0.5, 0.6) is 0 Å². The van der Waals surface area contributed by atoms with Gasteiger partial charge in [0.25, 0.3) is 0 Å². The topological polar surface area (TPSA) is 18.5 Å². The van der Waals surface area contributed by atoms with Crippen LogP contribution in [-0.4, -0.2) is 32.4 Å². The van der Waals surface area contributed by atoms with Crippen molar-refractivity contribution in [3.63, 3.8) is 0 Å². The number of rotatable bonds is 12. The van der Waals surface area contributed by atoms with Gasteiger partial charge in [-0.15, -0.1) is 0 Å². The van der Waals surface area contributed by atoms with E-state index in [0.717, 1.165) is 26.1 Å². The van der Waals surface area contributed by atoms with Gasteiger partial charge in [-0.3, -0.25) is 0 Å². The van der Waals surface area contributed by atoms with Crippen LogP contribution in [0, 0.1) is 0 Å². The van der Waals surface area contributed by atoms with Gasteiger partial charge in [-0.1, -0.05) is 0 Å². The first-order valence-electron chi connectivity index (χ1n) is 7.52. The van der Waals surface area contributed by atoms with Gasteiger partial charge in [0.1, 0.15) is 0 Å². The van der Waals surface area contributed by atoms with Gasteiger partial charge in [0.15, 0.2) is 0 Å². The maximum absolute atomic E-state index is 6.27. The minimum atomic E-state index is -2.69. The Balaban J connectivity index is 4.39. The second kappa shape index (κ2) is 11.8. The molecule has 0 spiro atoms. The minimum absolute atomic E-state index is 0.910. The van der Waals surface area contributed by atoms with Crippen LogP contribution in [0.2, 0.25) is 8.87 Å². The average Bonchev–Trinajstić information content (AvgIpc) is 2.37. The molecule has 0 rings (SSSR count). The summed E-state index contributed by atoms with van der Waals surface area (Å²) in [4.78, 5) is 0. The summed E-state index contributed by atoms with van der Waals surface area (Å²) in [5, 5.41) is 0. The molecule has 0 saturated carbocycles. The first-order chi connectivity index (χ1) is 8.24. The average molecular weight is 351 g/mol. The summed E-state index contributed by atoms with van der Waals surface area (Å²) < 4.78 is 15.1. The SMILES string of the molecule is CCC[CH2][Sn]([CH2]CCC)([O]CCC)[O]CCC. The van der Waals surface area contributed by atoms with E-state index in [9.17, 15) is 0 Å². The zero-order chi connectivity index (χ0) is 13.0. The van der Waals surface area contributed by atoms with E-state index in [2.05, 4.69) is 27.7 Å². The van der Waals surface area contributed by atoms with Crippen LogP contribution in [0.1, 0.15) is 66.2 Å². The number of hydrogen-bond donors (Lipinski definition) is 0. The summed E-state index contributed by atoms with van der Waals surface area (Å²) in [5.41, 5.74) is 0. The van der Waals surface area contributed by atoms with Gasteiger partial charge in [0.2, 0.25) is 0 Å². The molecule has 0 aromatic carbocycles. The summed E-state index contributed by atoms with van der Waals surface area (Å²) >= 11 is -2.69. The molecule has 0 aromatic rings. The van der Waals surface area contributed by atoms with E-state index in [1.165, 1.54) is 34.6 Å². The summed E-state index contributed by atoms with van der Waals surface area (Å²) in [5.74, 6) is 0. The van der Waals surface area contributed by atoms with Crippen LogP contribution in [0.25, 0.3) is 0 Å². The van der Waals surface area contributed by atoms with Crippen LogP contribution in [0.15, 0.2) is 0 Å². The van der Waals surface area contributed by atoms with Crippen molar-refractivity contribution in [3.8, 4) is 0 Å². The molecule has 0 aliphatic carbocycles. The summed E-state index contributed by atoms with van der Waals surface area (Å²) in [6.45, 7) is 10.7. The quantitative estimate of drug-likeness (QED) is 0.467. The Bertz CT molecular complexity index is 125. The standard InChI is InChI=1S/2C4H9.2C3H7O.Sn/c2*1-3-4-2;2*1-2-3-4;/h2*1,3-4H2,2H3;2*2-3H2,1H3;/q;;2*-1;+2. The zero-order valence-corrected chi connectivity index (χ0v) is 15.2. The van der Waals surface area contributed by atoms with Crippen LogP contribution in [-0.2, 0) is 6.15 Å². The van der Waals surface area contributed by atoms with Gasteiger partial charge in [0, 0.05) is 0 Å². The molecule has 0 amide bonds. The van der Waals surface area contributed by atoms with Crippen molar-refractivity contribution < 1.29 is 6.15 Å². The second-order valence-corrected chi connectivity index (χ2v) is 14.5. The molecule has 0 heterocycles.